The minimum absolute atomic E-state index is 0.303. The molecule has 1 aliphatic rings. The van der Waals surface area contributed by atoms with Crippen LogP contribution in [-0.4, -0.2) is 9.67 Å². The van der Waals surface area contributed by atoms with E-state index in [0.717, 1.165) is 30.5 Å². The number of fused-ring (bicyclic) bond motifs is 1. The highest BCUT2D eigenvalue weighted by atomic mass is 16.3. The third kappa shape index (κ3) is 1.46. The van der Waals surface area contributed by atoms with Crippen LogP contribution >= 0.6 is 0 Å². The molecule has 16 heavy (non-hydrogen) atoms. The largest absolute Gasteiger partial charge is 0.388 e. The van der Waals surface area contributed by atoms with E-state index in [1.807, 2.05) is 24.5 Å². The van der Waals surface area contributed by atoms with Crippen LogP contribution in [0.1, 0.15) is 30.1 Å². The van der Waals surface area contributed by atoms with Gasteiger partial charge in [-0.25, -0.2) is 0 Å². The lowest BCUT2D eigenvalue weighted by Crippen LogP contribution is -2.12. The maximum absolute atomic E-state index is 10.1. The van der Waals surface area contributed by atoms with Crippen LogP contribution in [-0.2, 0) is 6.42 Å². The molecular weight excluding hydrogens is 198 g/mol. The minimum atomic E-state index is -0.303. The van der Waals surface area contributed by atoms with E-state index in [4.69, 9.17) is 0 Å². The molecule has 1 N–H and O–H groups in total. The molecule has 82 valence electrons. The Morgan fingerprint density at radius 1 is 1.12 bits per heavy atom. The zero-order chi connectivity index (χ0) is 11.0. The molecule has 0 fully saturated rings. The van der Waals surface area contributed by atoms with Gasteiger partial charge in [0.2, 0.25) is 0 Å². The van der Waals surface area contributed by atoms with E-state index in [1.54, 1.807) is 0 Å². The fourth-order valence-corrected chi connectivity index (χ4v) is 2.55. The lowest BCUT2D eigenvalue weighted by molar-refractivity contribution is 0.156. The van der Waals surface area contributed by atoms with Crippen LogP contribution in [0.25, 0.3) is 5.69 Å². The summed E-state index contributed by atoms with van der Waals surface area (Å²) in [5.74, 6) is 0. The summed E-state index contributed by atoms with van der Waals surface area (Å²) in [5, 5.41) is 10.1. The van der Waals surface area contributed by atoms with Gasteiger partial charge in [-0.3, -0.25) is 0 Å². The fraction of sp³-hybridized carbons (Fsp3) is 0.286. The van der Waals surface area contributed by atoms with Gasteiger partial charge in [0, 0.05) is 18.0 Å². The van der Waals surface area contributed by atoms with Crippen molar-refractivity contribution in [3.63, 3.8) is 0 Å². The summed E-state index contributed by atoms with van der Waals surface area (Å²) >= 11 is 0. The molecule has 1 atom stereocenters. The van der Waals surface area contributed by atoms with Crippen molar-refractivity contribution in [1.29, 1.82) is 0 Å². The van der Waals surface area contributed by atoms with E-state index in [1.165, 1.54) is 5.56 Å². The Balaban J connectivity index is 2.19. The van der Waals surface area contributed by atoms with Gasteiger partial charge in [-0.15, -0.1) is 0 Å². The average Bonchev–Trinajstić information content (AvgIpc) is 2.82. The monoisotopic (exact) mass is 213 g/mol. The molecule has 0 saturated carbocycles. The van der Waals surface area contributed by atoms with E-state index < -0.39 is 0 Å². The quantitative estimate of drug-likeness (QED) is 0.774. The summed E-state index contributed by atoms with van der Waals surface area (Å²) in [6.45, 7) is 0. The zero-order valence-electron chi connectivity index (χ0n) is 9.13. The molecule has 0 amide bonds. The van der Waals surface area contributed by atoms with Crippen molar-refractivity contribution in [1.82, 2.24) is 4.57 Å². The molecule has 1 unspecified atom stereocenters. The van der Waals surface area contributed by atoms with Gasteiger partial charge in [0.15, 0.2) is 0 Å². The molecule has 2 heteroatoms. The molecule has 0 aliphatic heterocycles. The standard InChI is InChI=1S/C14H15NO/c16-13-8-4-6-11-5-3-7-12(14(11)13)15-9-1-2-10-15/h1-3,5,7,9-10,13,16H,4,6,8H2. The smallest absolute Gasteiger partial charge is 0.0813 e. The summed E-state index contributed by atoms with van der Waals surface area (Å²) in [7, 11) is 0. The van der Waals surface area contributed by atoms with Crippen LogP contribution in [0.3, 0.4) is 0 Å². The molecule has 1 heterocycles. The average molecular weight is 213 g/mol. The van der Waals surface area contributed by atoms with Crippen LogP contribution in [0, 0.1) is 0 Å². The van der Waals surface area contributed by atoms with Gasteiger partial charge in [0.25, 0.3) is 0 Å². The Labute approximate surface area is 95.2 Å². The summed E-state index contributed by atoms with van der Waals surface area (Å²) in [6, 6.07) is 10.3. The number of rotatable bonds is 1. The molecule has 2 nitrogen and oxygen atoms in total. The number of nitrogens with zero attached hydrogens (tertiary/aromatic N) is 1. The van der Waals surface area contributed by atoms with Crippen molar-refractivity contribution in [2.45, 2.75) is 25.4 Å². The van der Waals surface area contributed by atoms with Crippen LogP contribution in [0.5, 0.6) is 0 Å². The third-order valence-corrected chi connectivity index (χ3v) is 3.31. The number of hydrogen-bond acceptors (Lipinski definition) is 1. The summed E-state index contributed by atoms with van der Waals surface area (Å²) < 4.78 is 2.08. The Hall–Kier alpha value is -1.54. The van der Waals surface area contributed by atoms with Crippen LogP contribution < -0.4 is 0 Å². The van der Waals surface area contributed by atoms with E-state index in [9.17, 15) is 5.11 Å². The van der Waals surface area contributed by atoms with Crippen LogP contribution in [0.15, 0.2) is 42.7 Å². The highest BCUT2D eigenvalue weighted by Crippen LogP contribution is 2.33. The minimum Gasteiger partial charge on any atom is -0.388 e. The highest BCUT2D eigenvalue weighted by Gasteiger charge is 2.21. The predicted octanol–water partition coefficient (Wildman–Crippen LogP) is 2.85. The first-order valence-electron chi connectivity index (χ1n) is 5.79. The van der Waals surface area contributed by atoms with Crippen molar-refractivity contribution >= 4 is 0 Å². The van der Waals surface area contributed by atoms with Gasteiger partial charge < -0.3 is 9.67 Å². The number of aromatic nitrogens is 1. The molecule has 1 aromatic heterocycles. The second kappa shape index (κ2) is 3.80. The Morgan fingerprint density at radius 3 is 2.75 bits per heavy atom. The second-order valence-electron chi connectivity index (χ2n) is 4.35. The molecular formula is C14H15NO. The molecule has 0 saturated heterocycles. The Kier molecular flexibility index (Phi) is 2.29. The van der Waals surface area contributed by atoms with Crippen molar-refractivity contribution in [2.24, 2.45) is 0 Å². The van der Waals surface area contributed by atoms with Crippen LogP contribution in [0.2, 0.25) is 0 Å². The molecule has 1 aromatic carbocycles. The van der Waals surface area contributed by atoms with Gasteiger partial charge in [-0.1, -0.05) is 12.1 Å². The summed E-state index contributed by atoms with van der Waals surface area (Å²) in [6.07, 6.45) is 6.80. The first kappa shape index (κ1) is 9.67. The van der Waals surface area contributed by atoms with Gasteiger partial charge in [-0.2, -0.15) is 0 Å². The van der Waals surface area contributed by atoms with Gasteiger partial charge in [0.1, 0.15) is 0 Å². The number of aryl methyl sites for hydroxylation is 1. The van der Waals surface area contributed by atoms with E-state index in [2.05, 4.69) is 22.8 Å². The fourth-order valence-electron chi connectivity index (χ4n) is 2.55. The second-order valence-corrected chi connectivity index (χ2v) is 4.35. The highest BCUT2D eigenvalue weighted by molar-refractivity contribution is 5.48. The van der Waals surface area contributed by atoms with Crippen molar-refractivity contribution in [3.8, 4) is 5.69 Å². The first-order chi connectivity index (χ1) is 7.86. The molecule has 1 aliphatic carbocycles. The zero-order valence-corrected chi connectivity index (χ0v) is 9.13. The number of aliphatic hydroxyl groups excluding tert-OH is 1. The number of hydrogen-bond donors (Lipinski definition) is 1. The maximum atomic E-state index is 10.1. The van der Waals surface area contributed by atoms with E-state index in [0.29, 0.717) is 0 Å². The molecule has 0 radical (unpaired) electrons. The van der Waals surface area contributed by atoms with Crippen molar-refractivity contribution in [2.75, 3.05) is 0 Å². The van der Waals surface area contributed by atoms with E-state index in [-0.39, 0.29) is 6.10 Å². The lowest BCUT2D eigenvalue weighted by Gasteiger charge is -2.24. The molecule has 0 bridgehead atoms. The van der Waals surface area contributed by atoms with E-state index >= 15 is 0 Å². The SMILES string of the molecule is OC1CCCc2cccc(-n3cccc3)c21. The Morgan fingerprint density at radius 2 is 1.94 bits per heavy atom. The van der Waals surface area contributed by atoms with Gasteiger partial charge in [0.05, 0.1) is 11.8 Å². The van der Waals surface area contributed by atoms with Crippen molar-refractivity contribution in [3.05, 3.63) is 53.9 Å². The molecule has 2 aromatic rings. The first-order valence-corrected chi connectivity index (χ1v) is 5.79. The maximum Gasteiger partial charge on any atom is 0.0813 e. The molecule has 0 spiro atoms. The summed E-state index contributed by atoms with van der Waals surface area (Å²) in [4.78, 5) is 0. The Bertz CT molecular complexity index is 487. The number of aliphatic hydroxyl groups is 1. The lowest BCUT2D eigenvalue weighted by atomic mass is 9.88. The predicted molar refractivity (Wildman–Crippen MR) is 63.7 cm³/mol. The molecule has 3 rings (SSSR count). The van der Waals surface area contributed by atoms with Crippen molar-refractivity contribution < 1.29 is 5.11 Å². The third-order valence-electron chi connectivity index (χ3n) is 3.31. The van der Waals surface area contributed by atoms with Gasteiger partial charge in [-0.05, 0) is 43.0 Å². The van der Waals surface area contributed by atoms with Gasteiger partial charge >= 0.3 is 0 Å². The van der Waals surface area contributed by atoms with Crippen LogP contribution in [0.4, 0.5) is 0 Å². The summed E-state index contributed by atoms with van der Waals surface area (Å²) in [5.41, 5.74) is 3.53. The topological polar surface area (TPSA) is 25.2 Å². The normalized spacial score (nSPS) is 19.4. The number of benzene rings is 1.